The summed E-state index contributed by atoms with van der Waals surface area (Å²) < 4.78 is 17.5. The van der Waals surface area contributed by atoms with E-state index in [9.17, 15) is 0 Å². The van der Waals surface area contributed by atoms with Crippen LogP contribution in [0.4, 0.5) is 0 Å². The Bertz CT molecular complexity index is 1140. The quantitative estimate of drug-likeness (QED) is 0.313. The summed E-state index contributed by atoms with van der Waals surface area (Å²) in [5.41, 5.74) is 3.71. The van der Waals surface area contributed by atoms with E-state index < -0.39 is 0 Å². The number of hydrogen-bond donors (Lipinski definition) is 0. The van der Waals surface area contributed by atoms with Crippen LogP contribution in [-0.2, 0) is 9.47 Å². The number of para-hydroxylation sites is 2. The van der Waals surface area contributed by atoms with E-state index in [1.807, 2.05) is 45.8 Å². The van der Waals surface area contributed by atoms with Crippen molar-refractivity contribution >= 4 is 22.1 Å². The van der Waals surface area contributed by atoms with Crippen molar-refractivity contribution in [3.05, 3.63) is 48.5 Å². The SMILES string of the molecule is c1ccc2c(c1)nnn2C(CC(OC1CCCCC1)n1nnc2ccccc21)OC1CCCCC1. The lowest BCUT2D eigenvalue weighted by molar-refractivity contribution is -0.136. The molecular formula is C27H34N6O2. The van der Waals surface area contributed by atoms with E-state index in [1.165, 1.54) is 38.5 Å². The molecule has 0 N–H and O–H groups in total. The molecule has 2 aromatic heterocycles. The van der Waals surface area contributed by atoms with Crippen molar-refractivity contribution < 1.29 is 9.47 Å². The Kier molecular flexibility index (Phi) is 6.73. The van der Waals surface area contributed by atoms with Gasteiger partial charge in [-0.3, -0.25) is 0 Å². The number of ether oxygens (including phenoxy) is 2. The molecule has 4 aromatic rings. The molecular weight excluding hydrogens is 440 g/mol. The highest BCUT2D eigenvalue weighted by molar-refractivity contribution is 5.74. The number of benzene rings is 2. The first kappa shape index (κ1) is 22.6. The first-order valence-corrected chi connectivity index (χ1v) is 13.3. The van der Waals surface area contributed by atoms with Gasteiger partial charge in [0.1, 0.15) is 11.0 Å². The van der Waals surface area contributed by atoms with Gasteiger partial charge in [-0.25, -0.2) is 9.36 Å². The molecule has 0 spiro atoms. The molecule has 2 aliphatic rings. The molecule has 0 amide bonds. The highest BCUT2D eigenvalue weighted by Crippen LogP contribution is 2.34. The number of aromatic nitrogens is 6. The van der Waals surface area contributed by atoms with E-state index in [0.717, 1.165) is 47.8 Å². The van der Waals surface area contributed by atoms with Crippen molar-refractivity contribution in [1.29, 1.82) is 0 Å². The molecule has 2 unspecified atom stereocenters. The zero-order chi connectivity index (χ0) is 23.5. The molecule has 2 fully saturated rings. The molecule has 2 saturated carbocycles. The third kappa shape index (κ3) is 4.95. The maximum Gasteiger partial charge on any atom is 0.157 e. The molecule has 2 atom stereocenters. The summed E-state index contributed by atoms with van der Waals surface area (Å²) in [7, 11) is 0. The van der Waals surface area contributed by atoms with Gasteiger partial charge in [-0.05, 0) is 49.9 Å². The summed E-state index contributed by atoms with van der Waals surface area (Å²) in [6.45, 7) is 0. The highest BCUT2D eigenvalue weighted by atomic mass is 16.5. The maximum atomic E-state index is 6.79. The van der Waals surface area contributed by atoms with Crippen molar-refractivity contribution in [2.75, 3.05) is 0 Å². The first-order valence-electron chi connectivity index (χ1n) is 13.3. The lowest BCUT2D eigenvalue weighted by Gasteiger charge is -2.32. The molecule has 0 bridgehead atoms. The summed E-state index contributed by atoms with van der Waals surface area (Å²) in [4.78, 5) is 0. The van der Waals surface area contributed by atoms with Crippen molar-refractivity contribution in [3.8, 4) is 0 Å². The third-order valence-electron chi connectivity index (χ3n) is 7.51. The number of fused-ring (bicyclic) bond motifs is 2. The Morgan fingerprint density at radius 3 is 1.51 bits per heavy atom. The average molecular weight is 475 g/mol. The summed E-state index contributed by atoms with van der Waals surface area (Å²) in [5.74, 6) is 0. The number of hydrogen-bond acceptors (Lipinski definition) is 6. The highest BCUT2D eigenvalue weighted by Gasteiger charge is 2.30. The molecule has 2 heterocycles. The van der Waals surface area contributed by atoms with Crippen LogP contribution in [0, 0.1) is 0 Å². The molecule has 2 aliphatic carbocycles. The van der Waals surface area contributed by atoms with Crippen molar-refractivity contribution in [3.63, 3.8) is 0 Å². The van der Waals surface area contributed by atoms with E-state index in [1.54, 1.807) is 0 Å². The summed E-state index contributed by atoms with van der Waals surface area (Å²) in [6, 6.07) is 16.2. The molecule has 8 heteroatoms. The Morgan fingerprint density at radius 1 is 0.629 bits per heavy atom. The summed E-state index contributed by atoms with van der Waals surface area (Å²) in [6.07, 6.45) is 12.2. The van der Waals surface area contributed by atoms with E-state index in [4.69, 9.17) is 9.47 Å². The zero-order valence-electron chi connectivity index (χ0n) is 20.2. The van der Waals surface area contributed by atoms with Crippen LogP contribution in [0.3, 0.4) is 0 Å². The van der Waals surface area contributed by atoms with Gasteiger partial charge in [0.15, 0.2) is 12.5 Å². The topological polar surface area (TPSA) is 79.9 Å². The second-order valence-corrected chi connectivity index (χ2v) is 9.98. The van der Waals surface area contributed by atoms with Crippen LogP contribution in [0.1, 0.15) is 83.1 Å². The van der Waals surface area contributed by atoms with E-state index >= 15 is 0 Å². The van der Waals surface area contributed by atoms with Gasteiger partial charge in [0.2, 0.25) is 0 Å². The van der Waals surface area contributed by atoms with Gasteiger partial charge < -0.3 is 9.47 Å². The van der Waals surface area contributed by atoms with Crippen LogP contribution in [0.2, 0.25) is 0 Å². The lowest BCUT2D eigenvalue weighted by atomic mass is 9.97. The van der Waals surface area contributed by atoms with Crippen molar-refractivity contribution in [2.24, 2.45) is 0 Å². The van der Waals surface area contributed by atoms with Crippen LogP contribution in [0.25, 0.3) is 22.1 Å². The predicted molar refractivity (Wildman–Crippen MR) is 134 cm³/mol. The van der Waals surface area contributed by atoms with Gasteiger partial charge in [-0.1, -0.05) is 73.2 Å². The smallest absolute Gasteiger partial charge is 0.157 e. The third-order valence-corrected chi connectivity index (χ3v) is 7.51. The lowest BCUT2D eigenvalue weighted by Crippen LogP contribution is -2.30. The predicted octanol–water partition coefficient (Wildman–Crippen LogP) is 5.96. The summed E-state index contributed by atoms with van der Waals surface area (Å²) >= 11 is 0. The minimum Gasteiger partial charge on any atom is -0.353 e. The Balaban J connectivity index is 1.35. The van der Waals surface area contributed by atoms with Crippen molar-refractivity contribution in [2.45, 2.75) is 95.3 Å². The molecule has 6 rings (SSSR count). The first-order chi connectivity index (χ1) is 17.3. The standard InChI is InChI=1S/C27H34N6O2/c1-3-11-20(12-4-1)34-26(32-24-17-9-7-15-22(24)28-30-32)19-27(35-21-13-5-2-6-14-21)33-25-18-10-8-16-23(25)29-31-33/h7-10,15-18,20-21,26-27H,1-6,11-14,19H2. The van der Waals surface area contributed by atoms with Gasteiger partial charge in [-0.15, -0.1) is 10.2 Å². The monoisotopic (exact) mass is 474 g/mol. The zero-order valence-corrected chi connectivity index (χ0v) is 20.2. The molecule has 2 aromatic carbocycles. The molecule has 35 heavy (non-hydrogen) atoms. The molecule has 184 valence electrons. The van der Waals surface area contributed by atoms with Crippen LogP contribution in [-0.4, -0.2) is 42.2 Å². The molecule has 0 aliphatic heterocycles. The van der Waals surface area contributed by atoms with Gasteiger partial charge in [-0.2, -0.15) is 0 Å². The maximum absolute atomic E-state index is 6.79. The fourth-order valence-corrected chi connectivity index (χ4v) is 5.64. The van der Waals surface area contributed by atoms with Gasteiger partial charge in [0.05, 0.1) is 23.2 Å². The number of rotatable bonds is 8. The van der Waals surface area contributed by atoms with Crippen LogP contribution >= 0.6 is 0 Å². The second kappa shape index (κ2) is 10.4. The molecule has 8 nitrogen and oxygen atoms in total. The Labute approximate surface area is 205 Å². The fraction of sp³-hybridized carbons (Fsp3) is 0.556. The Morgan fingerprint density at radius 2 is 1.06 bits per heavy atom. The number of nitrogens with zero attached hydrogens (tertiary/aromatic N) is 6. The fourth-order valence-electron chi connectivity index (χ4n) is 5.64. The van der Waals surface area contributed by atoms with Crippen LogP contribution in [0.5, 0.6) is 0 Å². The molecule has 0 saturated heterocycles. The van der Waals surface area contributed by atoms with Gasteiger partial charge >= 0.3 is 0 Å². The van der Waals surface area contributed by atoms with Gasteiger partial charge in [0, 0.05) is 6.42 Å². The minimum absolute atomic E-state index is 0.222. The second-order valence-electron chi connectivity index (χ2n) is 9.98. The molecule has 0 radical (unpaired) electrons. The normalized spacial score (nSPS) is 19.9. The Hall–Kier alpha value is -2.84. The van der Waals surface area contributed by atoms with E-state index in [-0.39, 0.29) is 24.7 Å². The van der Waals surface area contributed by atoms with E-state index in [0.29, 0.717) is 6.42 Å². The average Bonchev–Trinajstić information content (AvgIpc) is 3.54. The minimum atomic E-state index is -0.304. The summed E-state index contributed by atoms with van der Waals surface area (Å²) in [5, 5.41) is 17.9. The van der Waals surface area contributed by atoms with Crippen LogP contribution in [0.15, 0.2) is 48.5 Å². The van der Waals surface area contributed by atoms with Crippen molar-refractivity contribution in [1.82, 2.24) is 30.0 Å². The largest absolute Gasteiger partial charge is 0.353 e. The van der Waals surface area contributed by atoms with Crippen LogP contribution < -0.4 is 0 Å². The van der Waals surface area contributed by atoms with E-state index in [2.05, 4.69) is 32.8 Å². The van der Waals surface area contributed by atoms with Gasteiger partial charge in [0.25, 0.3) is 0 Å².